The van der Waals surface area contributed by atoms with Crippen LogP contribution in [-0.4, -0.2) is 52.8 Å². The lowest BCUT2D eigenvalue weighted by Gasteiger charge is -2.27. The molecule has 0 spiro atoms. The molecule has 1 N–H and O–H groups in total. The molecule has 5 rings (SSSR count). The van der Waals surface area contributed by atoms with Crippen molar-refractivity contribution in [3.05, 3.63) is 131 Å². The molecule has 1 fully saturated rings. The van der Waals surface area contributed by atoms with Crippen LogP contribution in [-0.2, 0) is 16.2 Å². The van der Waals surface area contributed by atoms with Crippen LogP contribution in [0.15, 0.2) is 109 Å². The average molecular weight is 605 g/mol. The van der Waals surface area contributed by atoms with Crippen molar-refractivity contribution in [2.24, 2.45) is 0 Å². The molecule has 4 aromatic carbocycles. The number of amides is 1. The number of benzene rings is 4. The van der Waals surface area contributed by atoms with Crippen molar-refractivity contribution in [2.75, 3.05) is 26.2 Å². The number of aliphatic hydroxyl groups excluding tert-OH is 1. The number of hydrogen-bond donors (Lipinski definition) is 1. The summed E-state index contributed by atoms with van der Waals surface area (Å²) in [6.07, 6.45) is 0.693. The van der Waals surface area contributed by atoms with Gasteiger partial charge in [0.05, 0.1) is 11.6 Å². The van der Waals surface area contributed by atoms with E-state index in [1.54, 1.807) is 29.2 Å². The maximum Gasteiger partial charge on any atom is 0.295 e. The van der Waals surface area contributed by atoms with Crippen molar-refractivity contribution < 1.29 is 24.2 Å². The molecule has 45 heavy (non-hydrogen) atoms. The first-order valence-corrected chi connectivity index (χ1v) is 15.5. The fourth-order valence-corrected chi connectivity index (χ4v) is 5.55. The molecule has 1 aliphatic heterocycles. The minimum Gasteiger partial charge on any atom is -0.507 e. The highest BCUT2D eigenvalue weighted by Crippen LogP contribution is 2.41. The zero-order valence-corrected chi connectivity index (χ0v) is 26.1. The van der Waals surface area contributed by atoms with Crippen molar-refractivity contribution in [1.29, 1.82) is 0 Å². The van der Waals surface area contributed by atoms with Gasteiger partial charge in [-0.15, -0.1) is 0 Å². The van der Waals surface area contributed by atoms with Crippen molar-refractivity contribution >= 4 is 17.4 Å². The third-order valence-electron chi connectivity index (χ3n) is 8.11. The predicted octanol–water partition coefficient (Wildman–Crippen LogP) is 7.52. The fourth-order valence-electron chi connectivity index (χ4n) is 5.55. The summed E-state index contributed by atoms with van der Waals surface area (Å²) in [6.45, 7) is 9.64. The number of rotatable bonds is 13. The molecule has 0 aliphatic carbocycles. The van der Waals surface area contributed by atoms with Crippen LogP contribution in [0, 0.1) is 6.92 Å². The number of aliphatic hydroxyl groups is 1. The van der Waals surface area contributed by atoms with Gasteiger partial charge in [0.15, 0.2) is 0 Å². The van der Waals surface area contributed by atoms with Crippen LogP contribution in [0.2, 0.25) is 0 Å². The maximum atomic E-state index is 13.6. The van der Waals surface area contributed by atoms with Gasteiger partial charge in [-0.2, -0.15) is 0 Å². The molecule has 1 atom stereocenters. The Bertz CT molecular complexity index is 1630. The number of carbonyl (C=O) groups excluding carboxylic acids is 2. The summed E-state index contributed by atoms with van der Waals surface area (Å²) >= 11 is 0. The summed E-state index contributed by atoms with van der Waals surface area (Å²) in [4.78, 5) is 30.9. The summed E-state index contributed by atoms with van der Waals surface area (Å²) in [5, 5.41) is 11.6. The maximum absolute atomic E-state index is 13.6. The van der Waals surface area contributed by atoms with Gasteiger partial charge in [0.25, 0.3) is 11.7 Å². The number of ketones is 1. The molecule has 1 saturated heterocycles. The van der Waals surface area contributed by atoms with Crippen LogP contribution >= 0.6 is 0 Å². The second-order valence-electron chi connectivity index (χ2n) is 11.2. The van der Waals surface area contributed by atoms with Crippen LogP contribution in [0.5, 0.6) is 17.2 Å². The first-order chi connectivity index (χ1) is 21.9. The highest BCUT2D eigenvalue weighted by Gasteiger charge is 2.46. The van der Waals surface area contributed by atoms with Gasteiger partial charge in [-0.05, 0) is 92.6 Å². The monoisotopic (exact) mass is 604 g/mol. The Kier molecular flexibility index (Phi) is 10.3. The largest absolute Gasteiger partial charge is 0.507 e. The molecule has 1 amide bonds. The van der Waals surface area contributed by atoms with Crippen molar-refractivity contribution in [3.8, 4) is 17.2 Å². The molecular weight excluding hydrogens is 564 g/mol. The van der Waals surface area contributed by atoms with Crippen LogP contribution in [0.25, 0.3) is 5.76 Å². The number of nitrogens with zero attached hydrogens (tertiary/aromatic N) is 2. The zero-order chi connectivity index (χ0) is 31.8. The second kappa shape index (κ2) is 14.7. The molecule has 0 radical (unpaired) electrons. The lowest BCUT2D eigenvalue weighted by molar-refractivity contribution is -0.140. The third kappa shape index (κ3) is 7.62. The Labute approximate surface area is 265 Å². The van der Waals surface area contributed by atoms with Gasteiger partial charge in [-0.1, -0.05) is 74.0 Å². The fraction of sp³-hybridized carbons (Fsp3) is 0.263. The summed E-state index contributed by atoms with van der Waals surface area (Å²) in [5.74, 6) is 0.341. The van der Waals surface area contributed by atoms with Gasteiger partial charge in [-0.3, -0.25) is 9.59 Å². The van der Waals surface area contributed by atoms with Crippen LogP contribution in [0.1, 0.15) is 48.6 Å². The molecule has 7 heteroatoms. The van der Waals surface area contributed by atoms with Crippen molar-refractivity contribution in [1.82, 2.24) is 9.80 Å². The summed E-state index contributed by atoms with van der Waals surface area (Å²) in [5.41, 5.74) is 3.41. The Morgan fingerprint density at radius 1 is 0.822 bits per heavy atom. The summed E-state index contributed by atoms with van der Waals surface area (Å²) in [7, 11) is 0. The molecule has 0 unspecified atom stereocenters. The van der Waals surface area contributed by atoms with Gasteiger partial charge in [0.1, 0.15) is 29.6 Å². The molecule has 0 saturated carbocycles. The number of Topliss-reactive ketones (excluding diaryl/α,β-unsaturated/α-hetero) is 1. The van der Waals surface area contributed by atoms with Gasteiger partial charge < -0.3 is 24.4 Å². The Morgan fingerprint density at radius 3 is 2.20 bits per heavy atom. The molecule has 0 aromatic heterocycles. The van der Waals surface area contributed by atoms with E-state index in [-0.39, 0.29) is 11.3 Å². The van der Waals surface area contributed by atoms with Crippen LogP contribution < -0.4 is 9.47 Å². The van der Waals surface area contributed by atoms with Crippen LogP contribution in [0.3, 0.4) is 0 Å². The number of likely N-dealkylation sites (tertiary alicyclic amines) is 1. The molecule has 1 heterocycles. The number of hydrogen-bond acceptors (Lipinski definition) is 6. The van der Waals surface area contributed by atoms with E-state index >= 15 is 0 Å². The molecule has 7 nitrogen and oxygen atoms in total. The van der Waals surface area contributed by atoms with E-state index in [2.05, 4.69) is 18.7 Å². The molecular formula is C38H40N2O5. The van der Waals surface area contributed by atoms with E-state index in [4.69, 9.17) is 9.47 Å². The van der Waals surface area contributed by atoms with E-state index in [1.165, 1.54) is 5.56 Å². The minimum atomic E-state index is -0.765. The van der Waals surface area contributed by atoms with E-state index in [0.717, 1.165) is 25.2 Å². The SMILES string of the molecule is CCN(CC)CCCN1C(=O)C(=O)C(=C(O)c2ccc(OCc3ccc(C)cc3)cc2)[C@@H]1c1cccc(Oc2ccccc2)c1. The molecule has 232 valence electrons. The predicted molar refractivity (Wildman–Crippen MR) is 176 cm³/mol. The van der Waals surface area contributed by atoms with E-state index in [1.807, 2.05) is 85.8 Å². The molecule has 0 bridgehead atoms. The highest BCUT2D eigenvalue weighted by atomic mass is 16.5. The Hall–Kier alpha value is -4.88. The van der Waals surface area contributed by atoms with Gasteiger partial charge in [0, 0.05) is 12.1 Å². The Morgan fingerprint density at radius 2 is 1.51 bits per heavy atom. The van der Waals surface area contributed by atoms with Gasteiger partial charge in [0.2, 0.25) is 0 Å². The molecule has 4 aromatic rings. The summed E-state index contributed by atoms with van der Waals surface area (Å²) in [6, 6.07) is 31.1. The van der Waals surface area contributed by atoms with Crippen LogP contribution in [0.4, 0.5) is 0 Å². The lowest BCUT2D eigenvalue weighted by Crippen LogP contribution is -2.33. The number of aryl methyl sites for hydroxylation is 1. The average Bonchev–Trinajstić information content (AvgIpc) is 3.32. The number of carbonyl (C=O) groups is 2. The van der Waals surface area contributed by atoms with E-state index in [0.29, 0.717) is 47.9 Å². The van der Waals surface area contributed by atoms with Crippen molar-refractivity contribution in [3.63, 3.8) is 0 Å². The first-order valence-electron chi connectivity index (χ1n) is 15.5. The minimum absolute atomic E-state index is 0.0630. The topological polar surface area (TPSA) is 79.3 Å². The number of ether oxygens (including phenoxy) is 2. The smallest absolute Gasteiger partial charge is 0.295 e. The third-order valence-corrected chi connectivity index (χ3v) is 8.11. The lowest BCUT2D eigenvalue weighted by atomic mass is 9.95. The summed E-state index contributed by atoms with van der Waals surface area (Å²) < 4.78 is 12.0. The standard InChI is InChI=1S/C38H40N2O5/c1-4-39(5-2)23-10-24-40-35(30-11-9-14-33(25-30)45-32-12-7-6-8-13-32)34(37(42)38(40)43)36(41)29-19-21-31(22-20-29)44-26-28-17-15-27(3)16-18-28/h6-9,11-22,25,35,41H,4-5,10,23-24,26H2,1-3H3/t35-/m0/s1. The number of para-hydroxylation sites is 1. The normalized spacial score (nSPS) is 15.9. The van der Waals surface area contributed by atoms with Crippen molar-refractivity contribution in [2.45, 2.75) is 39.8 Å². The van der Waals surface area contributed by atoms with E-state index < -0.39 is 17.7 Å². The zero-order valence-electron chi connectivity index (χ0n) is 26.1. The Balaban J connectivity index is 1.44. The quantitative estimate of drug-likeness (QED) is 0.0966. The van der Waals surface area contributed by atoms with Gasteiger partial charge >= 0.3 is 0 Å². The van der Waals surface area contributed by atoms with E-state index in [9.17, 15) is 14.7 Å². The first kappa shape index (κ1) is 31.5. The molecule has 1 aliphatic rings. The van der Waals surface area contributed by atoms with Gasteiger partial charge in [-0.25, -0.2) is 0 Å². The second-order valence-corrected chi connectivity index (χ2v) is 11.2. The highest BCUT2D eigenvalue weighted by molar-refractivity contribution is 6.46.